The van der Waals surface area contributed by atoms with Gasteiger partial charge in [-0.25, -0.2) is 4.39 Å². The van der Waals surface area contributed by atoms with E-state index in [1.54, 1.807) is 30.3 Å². The zero-order chi connectivity index (χ0) is 12.3. The lowest BCUT2D eigenvalue weighted by atomic mass is 10.1. The van der Waals surface area contributed by atoms with E-state index >= 15 is 0 Å². The van der Waals surface area contributed by atoms with E-state index in [9.17, 15) is 13.7 Å². The molecule has 7 heteroatoms. The largest absolute Gasteiger partial charge is 0.292 e. The standard InChI is InChI=1S/C10H10F2N4O/c11-6-9(16-13-7-15(12)14-16)10(17)8-4-2-1-3-5-8/h1-5,7,9,14H,6H2. The number of halogens is 2. The minimum atomic E-state index is -1.19. The van der Waals surface area contributed by atoms with Crippen molar-refractivity contribution < 1.29 is 13.7 Å². The van der Waals surface area contributed by atoms with Gasteiger partial charge in [-0.2, -0.15) is 5.12 Å². The van der Waals surface area contributed by atoms with Crippen LogP contribution in [-0.2, 0) is 0 Å². The molecule has 1 aliphatic rings. The molecule has 0 aromatic heterocycles. The lowest BCUT2D eigenvalue weighted by molar-refractivity contribution is -0.0319. The average Bonchev–Trinajstić information content (AvgIpc) is 2.78. The number of carbonyl (C=O) groups excluding carboxylic acids is 1. The van der Waals surface area contributed by atoms with Crippen LogP contribution in [0, 0.1) is 0 Å². The van der Waals surface area contributed by atoms with Crippen LogP contribution in [0.2, 0.25) is 0 Å². The second-order valence-corrected chi connectivity index (χ2v) is 3.39. The van der Waals surface area contributed by atoms with E-state index in [-0.39, 0.29) is 5.23 Å². The number of ketones is 1. The van der Waals surface area contributed by atoms with Crippen molar-refractivity contribution in [3.05, 3.63) is 35.9 Å². The third kappa shape index (κ3) is 2.39. The summed E-state index contributed by atoms with van der Waals surface area (Å²) in [7, 11) is 0. The quantitative estimate of drug-likeness (QED) is 0.631. The monoisotopic (exact) mass is 240 g/mol. The summed E-state index contributed by atoms with van der Waals surface area (Å²) in [4.78, 5) is 11.9. The number of nitrogens with one attached hydrogen (secondary N) is 1. The van der Waals surface area contributed by atoms with Gasteiger partial charge in [0.25, 0.3) is 0 Å². The van der Waals surface area contributed by atoms with Gasteiger partial charge in [0.2, 0.25) is 0 Å². The Kier molecular flexibility index (Phi) is 3.29. The van der Waals surface area contributed by atoms with E-state index in [4.69, 9.17) is 0 Å². The van der Waals surface area contributed by atoms with E-state index in [1.807, 2.05) is 0 Å². The molecule has 0 amide bonds. The van der Waals surface area contributed by atoms with Gasteiger partial charge < -0.3 is 0 Å². The van der Waals surface area contributed by atoms with Crippen molar-refractivity contribution in [3.8, 4) is 0 Å². The van der Waals surface area contributed by atoms with Gasteiger partial charge in [0.05, 0.1) is 0 Å². The first-order chi connectivity index (χ1) is 8.22. The topological polar surface area (TPSA) is 47.9 Å². The van der Waals surface area contributed by atoms with Crippen LogP contribution in [0.5, 0.6) is 0 Å². The van der Waals surface area contributed by atoms with Crippen molar-refractivity contribution >= 4 is 12.1 Å². The second-order valence-electron chi connectivity index (χ2n) is 3.39. The summed E-state index contributed by atoms with van der Waals surface area (Å²) in [6.45, 7) is -0.966. The number of nitrogens with zero attached hydrogens (tertiary/aromatic N) is 3. The van der Waals surface area contributed by atoms with E-state index in [2.05, 4.69) is 10.6 Å². The maximum absolute atomic E-state index is 12.9. The molecule has 1 atom stereocenters. The molecule has 0 spiro atoms. The minimum Gasteiger partial charge on any atom is -0.292 e. The molecule has 5 nitrogen and oxygen atoms in total. The van der Waals surface area contributed by atoms with Crippen LogP contribution < -0.4 is 5.53 Å². The number of hydrogen-bond donors (Lipinski definition) is 1. The molecule has 0 radical (unpaired) electrons. The van der Waals surface area contributed by atoms with Crippen molar-refractivity contribution in [2.75, 3.05) is 6.67 Å². The summed E-state index contributed by atoms with van der Waals surface area (Å²) >= 11 is 0. The Labute approximate surface area is 96.2 Å². The van der Waals surface area contributed by atoms with Crippen molar-refractivity contribution in [2.24, 2.45) is 5.10 Å². The molecule has 17 heavy (non-hydrogen) atoms. The van der Waals surface area contributed by atoms with Gasteiger partial charge in [0.15, 0.2) is 18.2 Å². The Morgan fingerprint density at radius 3 is 2.65 bits per heavy atom. The third-order valence-corrected chi connectivity index (χ3v) is 2.28. The van der Waals surface area contributed by atoms with Crippen LogP contribution >= 0.6 is 0 Å². The summed E-state index contributed by atoms with van der Waals surface area (Å²) < 4.78 is 25.5. The Bertz CT molecular complexity index is 426. The normalized spacial score (nSPS) is 16.4. The molecule has 0 bridgehead atoms. The molecular formula is C10H10F2N4O. The van der Waals surface area contributed by atoms with E-state index in [0.717, 1.165) is 11.5 Å². The summed E-state index contributed by atoms with van der Waals surface area (Å²) in [5, 5.41) is 4.41. The fraction of sp³-hybridized carbons (Fsp3) is 0.200. The number of rotatable bonds is 4. The van der Waals surface area contributed by atoms with Crippen LogP contribution in [-0.4, -0.2) is 35.2 Å². The molecule has 0 saturated heterocycles. The molecule has 0 fully saturated rings. The van der Waals surface area contributed by atoms with Crippen LogP contribution in [0.4, 0.5) is 8.87 Å². The molecule has 1 aliphatic heterocycles. The molecule has 2 rings (SSSR count). The summed E-state index contributed by atoms with van der Waals surface area (Å²) in [5.41, 5.74) is 2.42. The van der Waals surface area contributed by atoms with Crippen molar-refractivity contribution in [1.82, 2.24) is 15.9 Å². The number of alkyl halides is 1. The fourth-order valence-corrected chi connectivity index (χ4v) is 1.44. The SMILES string of the molecule is O=C(c1ccccc1)C(CF)N1N=CN(F)N1. The zero-order valence-corrected chi connectivity index (χ0v) is 8.75. The van der Waals surface area contributed by atoms with E-state index < -0.39 is 18.5 Å². The van der Waals surface area contributed by atoms with Gasteiger partial charge in [0, 0.05) is 5.56 Å². The minimum absolute atomic E-state index is 0.0426. The first-order valence-electron chi connectivity index (χ1n) is 4.92. The maximum Gasteiger partial charge on any atom is 0.191 e. The van der Waals surface area contributed by atoms with Crippen molar-refractivity contribution in [1.29, 1.82) is 0 Å². The van der Waals surface area contributed by atoms with Crippen LogP contribution in [0.1, 0.15) is 10.4 Å². The highest BCUT2D eigenvalue weighted by molar-refractivity contribution is 6.00. The Morgan fingerprint density at radius 2 is 2.12 bits per heavy atom. The molecule has 90 valence electrons. The van der Waals surface area contributed by atoms with Gasteiger partial charge in [0.1, 0.15) is 6.67 Å². The number of carbonyl (C=O) groups is 1. The number of hydrazine groups is 2. The molecule has 1 N–H and O–H groups in total. The Balaban J connectivity index is 2.14. The Morgan fingerprint density at radius 1 is 1.41 bits per heavy atom. The van der Waals surface area contributed by atoms with E-state index in [1.165, 1.54) is 0 Å². The number of benzene rings is 1. The Hall–Kier alpha value is -2.02. The predicted molar refractivity (Wildman–Crippen MR) is 56.9 cm³/mol. The van der Waals surface area contributed by atoms with Crippen LogP contribution in [0.25, 0.3) is 0 Å². The fourth-order valence-electron chi connectivity index (χ4n) is 1.44. The maximum atomic E-state index is 12.9. The highest BCUT2D eigenvalue weighted by Crippen LogP contribution is 2.11. The van der Waals surface area contributed by atoms with Gasteiger partial charge in [-0.3, -0.25) is 4.79 Å². The second kappa shape index (κ2) is 4.88. The van der Waals surface area contributed by atoms with Crippen LogP contribution in [0.15, 0.2) is 35.4 Å². The van der Waals surface area contributed by atoms with Gasteiger partial charge in [-0.1, -0.05) is 40.3 Å². The molecule has 1 aromatic carbocycles. The van der Waals surface area contributed by atoms with Gasteiger partial charge in [-0.15, -0.1) is 10.3 Å². The lowest BCUT2D eigenvalue weighted by Crippen LogP contribution is -2.47. The highest BCUT2D eigenvalue weighted by atomic mass is 19.2. The first-order valence-corrected chi connectivity index (χ1v) is 4.92. The van der Waals surface area contributed by atoms with Crippen LogP contribution in [0.3, 0.4) is 0 Å². The predicted octanol–water partition coefficient (Wildman–Crippen LogP) is 1.07. The molecule has 1 heterocycles. The lowest BCUT2D eigenvalue weighted by Gasteiger charge is -2.22. The molecule has 0 aliphatic carbocycles. The average molecular weight is 240 g/mol. The number of hydrazone groups is 1. The third-order valence-electron chi connectivity index (χ3n) is 2.28. The molecule has 1 unspecified atom stereocenters. The van der Waals surface area contributed by atoms with Gasteiger partial charge in [-0.05, 0) is 0 Å². The molecule has 1 aromatic rings. The highest BCUT2D eigenvalue weighted by Gasteiger charge is 2.29. The van der Waals surface area contributed by atoms with Crippen molar-refractivity contribution in [3.63, 3.8) is 0 Å². The number of hydrogen-bond acceptors (Lipinski definition) is 5. The number of Topliss-reactive ketones (excluding diaryl/α,β-unsaturated/α-hetero) is 1. The summed E-state index contributed by atoms with van der Waals surface area (Å²) in [6.07, 6.45) is 0.806. The summed E-state index contributed by atoms with van der Waals surface area (Å²) in [5.74, 6) is -0.465. The van der Waals surface area contributed by atoms with E-state index in [0.29, 0.717) is 5.56 Å². The summed E-state index contributed by atoms with van der Waals surface area (Å²) in [6, 6.07) is 7.04. The molecule has 0 saturated carbocycles. The zero-order valence-electron chi connectivity index (χ0n) is 8.75. The molecular weight excluding hydrogens is 230 g/mol. The first kappa shape index (κ1) is 11.5. The van der Waals surface area contributed by atoms with Gasteiger partial charge >= 0.3 is 0 Å². The van der Waals surface area contributed by atoms with Crippen molar-refractivity contribution in [2.45, 2.75) is 6.04 Å². The smallest absolute Gasteiger partial charge is 0.191 e.